The van der Waals surface area contributed by atoms with Crippen molar-refractivity contribution in [2.45, 2.75) is 39.5 Å². The van der Waals surface area contributed by atoms with Crippen molar-refractivity contribution < 1.29 is 9.53 Å². The summed E-state index contributed by atoms with van der Waals surface area (Å²) in [5.74, 6) is 3.20. The first-order valence-electron chi connectivity index (χ1n) is 8.58. The summed E-state index contributed by atoms with van der Waals surface area (Å²) in [4.78, 5) is 13.5. The Balaban J connectivity index is 1.79. The van der Waals surface area contributed by atoms with Crippen LogP contribution in [0.25, 0.3) is 0 Å². The lowest BCUT2D eigenvalue weighted by atomic mass is 9.98. The Bertz CT molecular complexity index is 544. The maximum Gasteiger partial charge on any atom is 0.254 e. The maximum atomic E-state index is 11.9. The fourth-order valence-corrected chi connectivity index (χ4v) is 3.55. The molecule has 1 fully saturated rings. The minimum atomic E-state index is -0.0905. The van der Waals surface area contributed by atoms with Crippen LogP contribution in [-0.2, 0) is 0 Å². The molecular formula is C19H28ClNO2. The minimum Gasteiger partial charge on any atom is -0.494 e. The molecule has 1 aromatic rings. The molecule has 0 saturated heterocycles. The summed E-state index contributed by atoms with van der Waals surface area (Å²) in [6, 6.07) is 5.30. The first kappa shape index (κ1) is 18.1. The number of amides is 1. The van der Waals surface area contributed by atoms with E-state index in [2.05, 4.69) is 13.8 Å². The van der Waals surface area contributed by atoms with E-state index in [1.165, 1.54) is 24.2 Å². The molecule has 23 heavy (non-hydrogen) atoms. The van der Waals surface area contributed by atoms with Crippen molar-refractivity contribution >= 4 is 17.5 Å². The SMILES string of the molecule is CCCC(C)C1CC1CCOc1ccc(C(=O)N(C)C)c(Cl)c1. The maximum absolute atomic E-state index is 11.9. The summed E-state index contributed by atoms with van der Waals surface area (Å²) in [6.07, 6.45) is 5.06. The lowest BCUT2D eigenvalue weighted by Crippen LogP contribution is -2.21. The fraction of sp³-hybridized carbons (Fsp3) is 0.632. The van der Waals surface area contributed by atoms with Crippen LogP contribution in [0.15, 0.2) is 18.2 Å². The van der Waals surface area contributed by atoms with Crippen LogP contribution >= 0.6 is 11.6 Å². The van der Waals surface area contributed by atoms with Gasteiger partial charge in [-0.25, -0.2) is 0 Å². The summed E-state index contributed by atoms with van der Waals surface area (Å²) in [6.45, 7) is 5.35. The van der Waals surface area contributed by atoms with Crippen LogP contribution in [0.3, 0.4) is 0 Å². The number of benzene rings is 1. The number of hydrogen-bond donors (Lipinski definition) is 0. The highest BCUT2D eigenvalue weighted by Gasteiger charge is 2.39. The number of nitrogens with zero attached hydrogens (tertiary/aromatic N) is 1. The van der Waals surface area contributed by atoms with E-state index in [1.54, 1.807) is 26.2 Å². The Hall–Kier alpha value is -1.22. The van der Waals surface area contributed by atoms with Crippen LogP contribution in [0.5, 0.6) is 5.75 Å². The van der Waals surface area contributed by atoms with Crippen molar-refractivity contribution in [3.63, 3.8) is 0 Å². The fourth-order valence-electron chi connectivity index (χ4n) is 3.30. The van der Waals surface area contributed by atoms with Crippen molar-refractivity contribution in [1.82, 2.24) is 4.90 Å². The minimum absolute atomic E-state index is 0.0905. The van der Waals surface area contributed by atoms with Gasteiger partial charge < -0.3 is 9.64 Å². The molecule has 2 rings (SSSR count). The smallest absolute Gasteiger partial charge is 0.254 e. The number of ether oxygens (including phenoxy) is 1. The Labute approximate surface area is 145 Å². The summed E-state index contributed by atoms with van der Waals surface area (Å²) in [5, 5.41) is 0.446. The molecule has 1 aliphatic rings. The number of hydrogen-bond acceptors (Lipinski definition) is 2. The molecule has 0 aromatic heterocycles. The highest BCUT2D eigenvalue weighted by Crippen LogP contribution is 2.47. The molecule has 0 heterocycles. The van der Waals surface area contributed by atoms with Gasteiger partial charge in [-0.1, -0.05) is 38.3 Å². The van der Waals surface area contributed by atoms with E-state index >= 15 is 0 Å². The molecule has 1 aromatic carbocycles. The van der Waals surface area contributed by atoms with Crippen LogP contribution in [0.2, 0.25) is 5.02 Å². The summed E-state index contributed by atoms with van der Waals surface area (Å²) in [7, 11) is 3.43. The monoisotopic (exact) mass is 337 g/mol. The second-order valence-corrected chi connectivity index (χ2v) is 7.31. The van der Waals surface area contributed by atoms with Gasteiger partial charge in [-0.05, 0) is 48.8 Å². The zero-order chi connectivity index (χ0) is 17.0. The third-order valence-corrected chi connectivity index (χ3v) is 5.10. The summed E-state index contributed by atoms with van der Waals surface area (Å²) in [5.41, 5.74) is 0.514. The van der Waals surface area contributed by atoms with Gasteiger partial charge in [-0.15, -0.1) is 0 Å². The summed E-state index contributed by atoms with van der Waals surface area (Å²) < 4.78 is 5.81. The van der Waals surface area contributed by atoms with Gasteiger partial charge in [0.05, 0.1) is 17.2 Å². The molecule has 128 valence electrons. The van der Waals surface area contributed by atoms with Gasteiger partial charge in [0, 0.05) is 14.1 Å². The van der Waals surface area contributed by atoms with Crippen molar-refractivity contribution in [1.29, 1.82) is 0 Å². The molecule has 0 bridgehead atoms. The van der Waals surface area contributed by atoms with Crippen LogP contribution < -0.4 is 4.74 Å². The van der Waals surface area contributed by atoms with Crippen molar-refractivity contribution in [3.05, 3.63) is 28.8 Å². The Morgan fingerprint density at radius 2 is 2.17 bits per heavy atom. The summed E-state index contributed by atoms with van der Waals surface area (Å²) >= 11 is 6.19. The van der Waals surface area contributed by atoms with Gasteiger partial charge in [0.25, 0.3) is 5.91 Å². The predicted octanol–water partition coefficient (Wildman–Crippen LogP) is 4.88. The first-order valence-corrected chi connectivity index (χ1v) is 8.95. The van der Waals surface area contributed by atoms with Gasteiger partial charge in [0.2, 0.25) is 0 Å². The van der Waals surface area contributed by atoms with E-state index in [9.17, 15) is 4.79 Å². The molecular weight excluding hydrogens is 310 g/mol. The van der Waals surface area contributed by atoms with E-state index in [0.717, 1.165) is 36.5 Å². The molecule has 0 spiro atoms. The highest BCUT2D eigenvalue weighted by molar-refractivity contribution is 6.34. The second kappa shape index (κ2) is 8.05. The van der Waals surface area contributed by atoms with E-state index < -0.39 is 0 Å². The van der Waals surface area contributed by atoms with Gasteiger partial charge in [-0.3, -0.25) is 4.79 Å². The van der Waals surface area contributed by atoms with Crippen molar-refractivity contribution in [2.75, 3.05) is 20.7 Å². The van der Waals surface area contributed by atoms with E-state index in [1.807, 2.05) is 6.07 Å². The Morgan fingerprint density at radius 3 is 2.78 bits per heavy atom. The van der Waals surface area contributed by atoms with Crippen LogP contribution in [0.1, 0.15) is 49.9 Å². The number of carbonyl (C=O) groups excluding carboxylic acids is 1. The third-order valence-electron chi connectivity index (χ3n) is 4.79. The quantitative estimate of drug-likeness (QED) is 0.676. The van der Waals surface area contributed by atoms with E-state index in [-0.39, 0.29) is 5.91 Å². The van der Waals surface area contributed by atoms with Crippen LogP contribution in [0, 0.1) is 17.8 Å². The number of halogens is 1. The van der Waals surface area contributed by atoms with Gasteiger partial charge in [0.1, 0.15) is 5.75 Å². The first-order chi connectivity index (χ1) is 10.9. The topological polar surface area (TPSA) is 29.5 Å². The lowest BCUT2D eigenvalue weighted by molar-refractivity contribution is 0.0827. The molecule has 1 aliphatic carbocycles. The van der Waals surface area contributed by atoms with E-state index in [0.29, 0.717) is 10.6 Å². The zero-order valence-electron chi connectivity index (χ0n) is 14.6. The van der Waals surface area contributed by atoms with Crippen LogP contribution in [-0.4, -0.2) is 31.5 Å². The standard InChI is InChI=1S/C19H28ClNO2/c1-5-6-13(2)17-11-14(17)9-10-23-15-7-8-16(18(20)12-15)19(22)21(3)4/h7-8,12-14,17H,5-6,9-11H2,1-4H3. The van der Waals surface area contributed by atoms with Crippen LogP contribution in [0.4, 0.5) is 0 Å². The Morgan fingerprint density at radius 1 is 1.43 bits per heavy atom. The third kappa shape index (κ3) is 4.87. The molecule has 0 radical (unpaired) electrons. The predicted molar refractivity (Wildman–Crippen MR) is 95.3 cm³/mol. The molecule has 1 saturated carbocycles. The molecule has 4 heteroatoms. The molecule has 3 nitrogen and oxygen atoms in total. The van der Waals surface area contributed by atoms with Gasteiger partial charge in [-0.2, -0.15) is 0 Å². The number of rotatable bonds is 8. The molecule has 3 unspecified atom stereocenters. The lowest BCUT2D eigenvalue weighted by Gasteiger charge is -2.13. The van der Waals surface area contributed by atoms with Gasteiger partial charge >= 0.3 is 0 Å². The average molecular weight is 338 g/mol. The number of carbonyl (C=O) groups is 1. The average Bonchev–Trinajstić information content (AvgIpc) is 3.26. The van der Waals surface area contributed by atoms with Gasteiger partial charge in [0.15, 0.2) is 0 Å². The zero-order valence-corrected chi connectivity index (χ0v) is 15.4. The Kier molecular flexibility index (Phi) is 6.34. The largest absolute Gasteiger partial charge is 0.494 e. The normalized spacial score (nSPS) is 20.9. The molecule has 1 amide bonds. The molecule has 0 N–H and O–H groups in total. The van der Waals surface area contributed by atoms with Crippen molar-refractivity contribution in [2.24, 2.45) is 17.8 Å². The highest BCUT2D eigenvalue weighted by atomic mass is 35.5. The second-order valence-electron chi connectivity index (χ2n) is 6.90. The molecule has 3 atom stereocenters. The van der Waals surface area contributed by atoms with Crippen molar-refractivity contribution in [3.8, 4) is 5.75 Å². The van der Waals surface area contributed by atoms with E-state index in [4.69, 9.17) is 16.3 Å². The molecule has 0 aliphatic heterocycles.